The number of carbonyl (C=O) groups is 1. The number of aryl methyl sites for hydroxylation is 3. The monoisotopic (exact) mass is 451 g/mol. The molecular formula is C24H33N7O2. The van der Waals surface area contributed by atoms with Crippen LogP contribution in [-0.4, -0.2) is 36.8 Å². The molecular weight excluding hydrogens is 418 g/mol. The number of hydrogen-bond acceptors (Lipinski definition) is 7. The molecule has 0 aliphatic rings. The van der Waals surface area contributed by atoms with Crippen molar-refractivity contribution in [2.45, 2.75) is 72.0 Å². The number of benzene rings is 1. The minimum absolute atomic E-state index is 0.162. The van der Waals surface area contributed by atoms with Crippen molar-refractivity contribution in [2.75, 3.05) is 0 Å². The van der Waals surface area contributed by atoms with E-state index >= 15 is 0 Å². The van der Waals surface area contributed by atoms with E-state index in [1.807, 2.05) is 33.8 Å². The minimum atomic E-state index is -0.746. The molecule has 0 bridgehead atoms. The van der Waals surface area contributed by atoms with E-state index in [1.54, 1.807) is 10.9 Å². The highest BCUT2D eigenvalue weighted by atomic mass is 16.5. The van der Waals surface area contributed by atoms with Crippen LogP contribution in [0.3, 0.4) is 0 Å². The Morgan fingerprint density at radius 3 is 2.48 bits per heavy atom. The van der Waals surface area contributed by atoms with Crippen molar-refractivity contribution >= 4 is 5.91 Å². The first kappa shape index (κ1) is 24.3. The van der Waals surface area contributed by atoms with Crippen LogP contribution < -0.4 is 10.6 Å². The van der Waals surface area contributed by atoms with Crippen molar-refractivity contribution in [3.63, 3.8) is 0 Å². The molecule has 2 N–H and O–H groups in total. The van der Waals surface area contributed by atoms with Crippen LogP contribution in [0.15, 0.2) is 41.6 Å². The van der Waals surface area contributed by atoms with Gasteiger partial charge < -0.3 is 9.84 Å². The summed E-state index contributed by atoms with van der Waals surface area (Å²) >= 11 is 0. The van der Waals surface area contributed by atoms with Gasteiger partial charge in [0.2, 0.25) is 5.91 Å². The molecule has 0 fully saturated rings. The summed E-state index contributed by atoms with van der Waals surface area (Å²) in [6, 6.07) is 5.89. The number of carbonyl (C=O) groups excluding carboxylic acids is 1. The summed E-state index contributed by atoms with van der Waals surface area (Å²) in [5, 5.41) is 23.6. The molecule has 2 aromatic heterocycles. The van der Waals surface area contributed by atoms with Gasteiger partial charge in [-0.25, -0.2) is 0 Å². The van der Waals surface area contributed by atoms with E-state index in [0.29, 0.717) is 12.2 Å². The van der Waals surface area contributed by atoms with Crippen molar-refractivity contribution in [3.8, 4) is 5.69 Å². The lowest BCUT2D eigenvalue weighted by molar-refractivity contribution is -0.118. The first-order valence-corrected chi connectivity index (χ1v) is 11.0. The van der Waals surface area contributed by atoms with Gasteiger partial charge in [-0.1, -0.05) is 29.4 Å². The van der Waals surface area contributed by atoms with Crippen molar-refractivity contribution in [1.29, 1.82) is 0 Å². The Balaban J connectivity index is 2.10. The van der Waals surface area contributed by atoms with Crippen LogP contribution in [0.4, 0.5) is 0 Å². The van der Waals surface area contributed by atoms with E-state index in [2.05, 4.69) is 70.8 Å². The average Bonchev–Trinajstić information content (AvgIpc) is 3.38. The molecule has 3 rings (SSSR count). The lowest BCUT2D eigenvalue weighted by Gasteiger charge is -2.39. The number of hydrogen-bond donors (Lipinski definition) is 2. The Labute approximate surface area is 194 Å². The van der Waals surface area contributed by atoms with Crippen molar-refractivity contribution in [3.05, 3.63) is 65.3 Å². The maximum atomic E-state index is 12.1. The van der Waals surface area contributed by atoms with Crippen LogP contribution in [0, 0.1) is 20.8 Å². The highest BCUT2D eigenvalue weighted by molar-refractivity contribution is 5.87. The molecule has 2 heterocycles. The molecule has 2 unspecified atom stereocenters. The molecule has 33 heavy (non-hydrogen) atoms. The SMILES string of the molecule is C=CC(=O)NC(C)(C)CC(C)(NC(C)c1ccon1)c1nnnn1-c1c(C)cc(C)cc1C. The summed E-state index contributed by atoms with van der Waals surface area (Å²) in [5.41, 5.74) is 3.69. The predicted octanol–water partition coefficient (Wildman–Crippen LogP) is 3.61. The summed E-state index contributed by atoms with van der Waals surface area (Å²) in [6.45, 7) is 17.7. The van der Waals surface area contributed by atoms with E-state index < -0.39 is 11.1 Å². The normalized spacial score (nSPS) is 14.5. The largest absolute Gasteiger partial charge is 0.364 e. The topological polar surface area (TPSA) is 111 Å². The lowest BCUT2D eigenvalue weighted by Crippen LogP contribution is -2.53. The van der Waals surface area contributed by atoms with E-state index in [0.717, 1.165) is 22.5 Å². The first-order chi connectivity index (χ1) is 15.5. The maximum absolute atomic E-state index is 12.1. The molecule has 2 atom stereocenters. The van der Waals surface area contributed by atoms with Crippen LogP contribution in [0.25, 0.3) is 5.69 Å². The second kappa shape index (κ2) is 9.27. The fourth-order valence-corrected chi connectivity index (χ4v) is 4.69. The molecule has 1 amide bonds. The quantitative estimate of drug-likeness (QED) is 0.478. The highest BCUT2D eigenvalue weighted by Crippen LogP contribution is 2.34. The molecule has 3 aromatic rings. The molecule has 9 heteroatoms. The first-order valence-electron chi connectivity index (χ1n) is 11.0. The number of rotatable bonds is 9. The van der Waals surface area contributed by atoms with Gasteiger partial charge in [-0.3, -0.25) is 10.1 Å². The van der Waals surface area contributed by atoms with Crippen LogP contribution in [0.2, 0.25) is 0 Å². The fraction of sp³-hybridized carbons (Fsp3) is 0.458. The van der Waals surface area contributed by atoms with Gasteiger partial charge in [-0.15, -0.1) is 5.10 Å². The standard InChI is InChI=1S/C24H33N7O2/c1-9-20(32)26-23(6,7)14-24(8,25-18(5)19-10-11-33-28-19)22-27-29-30-31(22)21-16(3)12-15(2)13-17(21)4/h9-13,18,25H,1,14H2,2-8H3,(H,26,32). The van der Waals surface area contributed by atoms with Gasteiger partial charge in [-0.2, -0.15) is 4.68 Å². The summed E-state index contributed by atoms with van der Waals surface area (Å²) in [4.78, 5) is 12.1. The summed E-state index contributed by atoms with van der Waals surface area (Å²) in [7, 11) is 0. The molecule has 0 saturated heterocycles. The molecule has 176 valence electrons. The molecule has 9 nitrogen and oxygen atoms in total. The molecule has 0 aliphatic carbocycles. The third kappa shape index (κ3) is 5.36. The van der Waals surface area contributed by atoms with E-state index in [1.165, 1.54) is 11.6 Å². The lowest BCUT2D eigenvalue weighted by atomic mass is 9.83. The van der Waals surface area contributed by atoms with E-state index in [4.69, 9.17) is 4.52 Å². The van der Waals surface area contributed by atoms with Gasteiger partial charge in [0, 0.05) is 11.6 Å². The number of nitrogens with zero attached hydrogens (tertiary/aromatic N) is 5. The smallest absolute Gasteiger partial charge is 0.243 e. The molecule has 1 aromatic carbocycles. The number of amides is 1. The van der Waals surface area contributed by atoms with Gasteiger partial charge in [0.05, 0.1) is 17.3 Å². The predicted molar refractivity (Wildman–Crippen MR) is 126 cm³/mol. The van der Waals surface area contributed by atoms with Crippen molar-refractivity contribution in [2.24, 2.45) is 0 Å². The molecule has 0 spiro atoms. The zero-order valence-electron chi connectivity index (χ0n) is 20.4. The number of nitrogens with one attached hydrogen (secondary N) is 2. The van der Waals surface area contributed by atoms with Gasteiger partial charge in [-0.05, 0) is 82.5 Å². The van der Waals surface area contributed by atoms with Crippen LogP contribution in [0.1, 0.15) is 68.4 Å². The van der Waals surface area contributed by atoms with Crippen LogP contribution >= 0.6 is 0 Å². The third-order valence-electron chi connectivity index (χ3n) is 5.69. The Morgan fingerprint density at radius 1 is 1.24 bits per heavy atom. The second-order valence-electron chi connectivity index (χ2n) is 9.54. The number of tetrazole rings is 1. The highest BCUT2D eigenvalue weighted by Gasteiger charge is 2.41. The van der Waals surface area contributed by atoms with Gasteiger partial charge in [0.25, 0.3) is 0 Å². The summed E-state index contributed by atoms with van der Waals surface area (Å²) < 4.78 is 6.83. The zero-order chi connectivity index (χ0) is 24.4. The van der Waals surface area contributed by atoms with Crippen LogP contribution in [-0.2, 0) is 10.3 Å². The Morgan fingerprint density at radius 2 is 1.91 bits per heavy atom. The average molecular weight is 452 g/mol. The van der Waals surface area contributed by atoms with Gasteiger partial charge >= 0.3 is 0 Å². The third-order valence-corrected chi connectivity index (χ3v) is 5.69. The zero-order valence-corrected chi connectivity index (χ0v) is 20.4. The van der Waals surface area contributed by atoms with Gasteiger partial charge in [0.1, 0.15) is 12.0 Å². The maximum Gasteiger partial charge on any atom is 0.243 e. The Kier molecular flexibility index (Phi) is 6.83. The fourth-order valence-electron chi connectivity index (χ4n) is 4.69. The summed E-state index contributed by atoms with van der Waals surface area (Å²) in [6.07, 6.45) is 3.31. The molecule has 0 radical (unpaired) electrons. The van der Waals surface area contributed by atoms with Crippen molar-refractivity contribution in [1.82, 2.24) is 36.0 Å². The summed E-state index contributed by atoms with van der Waals surface area (Å²) in [5.74, 6) is 0.394. The van der Waals surface area contributed by atoms with Gasteiger partial charge in [0.15, 0.2) is 5.82 Å². The Bertz CT molecular complexity index is 1110. The Hall–Kier alpha value is -3.33. The minimum Gasteiger partial charge on any atom is -0.364 e. The van der Waals surface area contributed by atoms with E-state index in [9.17, 15) is 4.79 Å². The number of aromatic nitrogens is 5. The molecule has 0 saturated carbocycles. The molecule has 0 aliphatic heterocycles. The van der Waals surface area contributed by atoms with Crippen molar-refractivity contribution < 1.29 is 9.32 Å². The van der Waals surface area contributed by atoms with Crippen LogP contribution in [0.5, 0.6) is 0 Å². The van der Waals surface area contributed by atoms with E-state index in [-0.39, 0.29) is 11.9 Å². The second-order valence-corrected chi connectivity index (χ2v) is 9.54.